The highest BCUT2D eigenvalue weighted by atomic mass is 35.6. The fourth-order valence-electron chi connectivity index (χ4n) is 1.71. The highest BCUT2D eigenvalue weighted by Crippen LogP contribution is 2.38. The first-order valence-corrected chi connectivity index (χ1v) is 7.08. The highest BCUT2D eigenvalue weighted by Gasteiger charge is 2.37. The number of alkyl halides is 3. The zero-order valence-corrected chi connectivity index (χ0v) is 12.6. The van der Waals surface area contributed by atoms with Crippen molar-refractivity contribution in [2.45, 2.75) is 21.0 Å². The maximum Gasteiger partial charge on any atom is 0.355 e. The number of hydrogen-bond donors (Lipinski definition) is 1. The highest BCUT2D eigenvalue weighted by molar-refractivity contribution is 7.97. The van der Waals surface area contributed by atoms with E-state index in [9.17, 15) is 4.55 Å². The van der Waals surface area contributed by atoms with Crippen molar-refractivity contribution < 1.29 is 4.55 Å². The molecule has 0 saturated heterocycles. The van der Waals surface area contributed by atoms with E-state index >= 15 is 0 Å². The summed E-state index contributed by atoms with van der Waals surface area (Å²) in [5.41, 5.74) is 2.40. The van der Waals surface area contributed by atoms with Crippen LogP contribution in [-0.2, 0) is 24.1 Å². The molecule has 96 valence electrons. The zero-order valence-electron chi connectivity index (χ0n) is 8.71. The van der Waals surface area contributed by atoms with Gasteiger partial charge in [-0.2, -0.15) is 0 Å². The summed E-state index contributed by atoms with van der Waals surface area (Å²) in [4.78, 5) is 0.558. The summed E-state index contributed by atoms with van der Waals surface area (Å²) in [7, 11) is 0. The monoisotopic (exact) mass is 333 g/mol. The van der Waals surface area contributed by atoms with E-state index in [1.165, 1.54) is 5.56 Å². The normalized spacial score (nSPS) is 16.9. The van der Waals surface area contributed by atoms with Crippen LogP contribution in [0.1, 0.15) is 11.1 Å². The van der Waals surface area contributed by atoms with Crippen LogP contribution in [0.5, 0.6) is 0 Å². The van der Waals surface area contributed by atoms with Crippen molar-refractivity contribution in [2.75, 3.05) is 6.54 Å². The molecular formula is C10H11Cl4NOS. The van der Waals surface area contributed by atoms with Gasteiger partial charge < -0.3 is 9.87 Å². The van der Waals surface area contributed by atoms with Gasteiger partial charge in [0.05, 0.1) is 0 Å². The molecule has 0 spiro atoms. The van der Waals surface area contributed by atoms with Crippen LogP contribution in [-0.4, -0.2) is 14.2 Å². The topological polar surface area (TPSA) is 35.1 Å². The average molecular weight is 335 g/mol. The molecule has 1 atom stereocenters. The second kappa shape index (κ2) is 6.20. The number of halogens is 4. The Morgan fingerprint density at radius 3 is 2.59 bits per heavy atom. The van der Waals surface area contributed by atoms with E-state index in [4.69, 9.17) is 34.8 Å². The van der Waals surface area contributed by atoms with E-state index in [1.807, 2.05) is 12.1 Å². The van der Waals surface area contributed by atoms with Crippen LogP contribution in [0.4, 0.5) is 0 Å². The van der Waals surface area contributed by atoms with Gasteiger partial charge in [-0.1, -0.05) is 6.07 Å². The lowest BCUT2D eigenvalue weighted by Crippen LogP contribution is -2.25. The number of nitrogens with one attached hydrogen (secondary N) is 1. The van der Waals surface area contributed by atoms with Crippen LogP contribution in [0.3, 0.4) is 0 Å². The lowest BCUT2D eigenvalue weighted by Gasteiger charge is -2.21. The van der Waals surface area contributed by atoms with Crippen molar-refractivity contribution in [2.24, 2.45) is 0 Å². The molecule has 17 heavy (non-hydrogen) atoms. The first kappa shape index (κ1) is 15.7. The van der Waals surface area contributed by atoms with Crippen LogP contribution in [0.2, 0.25) is 0 Å². The van der Waals surface area contributed by atoms with Gasteiger partial charge in [0, 0.05) is 17.7 Å². The zero-order chi connectivity index (χ0) is 11.8. The minimum absolute atomic E-state index is 0. The van der Waals surface area contributed by atoms with Crippen molar-refractivity contribution in [3.63, 3.8) is 0 Å². The van der Waals surface area contributed by atoms with Crippen molar-refractivity contribution >= 4 is 58.4 Å². The molecule has 1 heterocycles. The third-order valence-corrected chi connectivity index (χ3v) is 4.85. The van der Waals surface area contributed by atoms with Gasteiger partial charge >= 0.3 is 3.12 Å². The van der Waals surface area contributed by atoms with E-state index in [-0.39, 0.29) is 12.4 Å². The minimum Gasteiger partial charge on any atom is -0.608 e. The predicted octanol–water partition coefficient (Wildman–Crippen LogP) is 3.19. The number of hydrogen-bond acceptors (Lipinski definition) is 2. The molecular weight excluding hydrogens is 324 g/mol. The molecule has 0 saturated carbocycles. The molecule has 2 rings (SSSR count). The summed E-state index contributed by atoms with van der Waals surface area (Å²) in [5, 5.41) is 3.25. The third-order valence-electron chi connectivity index (χ3n) is 2.49. The Balaban J connectivity index is 0.00000144. The number of fused-ring (bicyclic) bond motifs is 1. The van der Waals surface area contributed by atoms with Gasteiger partial charge in [-0.3, -0.25) is 0 Å². The first-order valence-electron chi connectivity index (χ1n) is 4.79. The van der Waals surface area contributed by atoms with Gasteiger partial charge in [-0.25, -0.2) is 0 Å². The standard InChI is InChI=1S/C10H10Cl3NOS.ClH/c11-10(12,13)16(15)9-2-1-7-3-4-14-6-8(7)5-9;/h1-2,5,14H,3-4,6H2;1H. The van der Waals surface area contributed by atoms with Gasteiger partial charge in [0.2, 0.25) is 0 Å². The summed E-state index contributed by atoms with van der Waals surface area (Å²) in [6, 6.07) is 5.57. The Morgan fingerprint density at radius 2 is 1.94 bits per heavy atom. The van der Waals surface area contributed by atoms with Crippen LogP contribution in [0, 0.1) is 0 Å². The molecule has 0 aromatic heterocycles. The van der Waals surface area contributed by atoms with Crippen LogP contribution in [0.15, 0.2) is 23.1 Å². The van der Waals surface area contributed by atoms with Crippen LogP contribution < -0.4 is 5.32 Å². The SMILES string of the molecule is Cl.[O-][S+](c1ccc2c(c1)CNCC2)C(Cl)(Cl)Cl. The summed E-state index contributed by atoms with van der Waals surface area (Å²) < 4.78 is 10.1. The Bertz CT molecular complexity index is 396. The maximum atomic E-state index is 11.8. The molecule has 1 unspecified atom stereocenters. The Labute approximate surface area is 125 Å². The maximum absolute atomic E-state index is 11.8. The number of rotatable bonds is 1. The molecule has 0 fully saturated rings. The minimum atomic E-state index is -1.77. The Morgan fingerprint density at radius 1 is 1.24 bits per heavy atom. The average Bonchev–Trinajstić information content (AvgIpc) is 2.26. The van der Waals surface area contributed by atoms with E-state index < -0.39 is 14.3 Å². The van der Waals surface area contributed by atoms with Crippen molar-refractivity contribution in [1.29, 1.82) is 0 Å². The fraction of sp³-hybridized carbons (Fsp3) is 0.400. The molecule has 1 N–H and O–H groups in total. The van der Waals surface area contributed by atoms with Gasteiger partial charge in [-0.15, -0.1) is 12.4 Å². The largest absolute Gasteiger partial charge is 0.608 e. The third kappa shape index (κ3) is 3.80. The van der Waals surface area contributed by atoms with Crippen molar-refractivity contribution in [3.05, 3.63) is 29.3 Å². The van der Waals surface area contributed by atoms with Crippen LogP contribution in [0.25, 0.3) is 0 Å². The van der Waals surface area contributed by atoms with E-state index in [1.54, 1.807) is 6.07 Å². The Kier molecular flexibility index (Phi) is 5.73. The van der Waals surface area contributed by atoms with Gasteiger partial charge in [0.1, 0.15) is 0 Å². The van der Waals surface area contributed by atoms with Crippen molar-refractivity contribution in [3.8, 4) is 0 Å². The van der Waals surface area contributed by atoms with E-state index in [0.717, 1.165) is 25.1 Å². The van der Waals surface area contributed by atoms with Crippen molar-refractivity contribution in [1.82, 2.24) is 5.32 Å². The second-order valence-electron chi connectivity index (χ2n) is 3.57. The summed E-state index contributed by atoms with van der Waals surface area (Å²) in [5.74, 6) is 0. The van der Waals surface area contributed by atoms with Gasteiger partial charge in [-0.05, 0) is 71.0 Å². The lowest BCUT2D eigenvalue weighted by molar-refractivity contribution is 0.594. The summed E-state index contributed by atoms with van der Waals surface area (Å²) >= 11 is 15.2. The lowest BCUT2D eigenvalue weighted by atomic mass is 10.0. The van der Waals surface area contributed by atoms with Crippen LogP contribution >= 0.6 is 47.2 Å². The van der Waals surface area contributed by atoms with Gasteiger partial charge in [0.15, 0.2) is 4.90 Å². The molecule has 0 amide bonds. The quantitative estimate of drug-likeness (QED) is 0.632. The molecule has 1 aliphatic heterocycles. The van der Waals surface area contributed by atoms with E-state index in [2.05, 4.69) is 5.32 Å². The fourth-order valence-corrected chi connectivity index (χ4v) is 3.22. The molecule has 1 aliphatic rings. The van der Waals surface area contributed by atoms with Gasteiger partial charge in [0.25, 0.3) is 0 Å². The molecule has 0 aliphatic carbocycles. The molecule has 0 bridgehead atoms. The summed E-state index contributed by atoms with van der Waals surface area (Å²) in [6.45, 7) is 1.75. The van der Waals surface area contributed by atoms with E-state index in [0.29, 0.717) is 4.90 Å². The molecule has 1 aromatic rings. The summed E-state index contributed by atoms with van der Waals surface area (Å²) in [6.07, 6.45) is 0.982. The first-order chi connectivity index (χ1) is 7.48. The molecule has 0 radical (unpaired) electrons. The predicted molar refractivity (Wildman–Crippen MR) is 75.8 cm³/mol. The molecule has 2 nitrogen and oxygen atoms in total. The number of benzene rings is 1. The smallest absolute Gasteiger partial charge is 0.355 e. The Hall–Kier alpha value is 0.650. The molecule has 1 aromatic carbocycles. The molecule has 7 heteroatoms. The second-order valence-corrected chi connectivity index (χ2v) is 8.15.